The number of hydrogen-bond acceptors (Lipinski definition) is 5. The van der Waals surface area contributed by atoms with Crippen LogP contribution in [0.15, 0.2) is 42.5 Å². The van der Waals surface area contributed by atoms with E-state index in [4.69, 9.17) is 16.3 Å². The fraction of sp³-hybridized carbons (Fsp3) is 0.417. The summed E-state index contributed by atoms with van der Waals surface area (Å²) < 4.78 is 5.58. The van der Waals surface area contributed by atoms with Crippen LogP contribution in [0.5, 0.6) is 5.75 Å². The van der Waals surface area contributed by atoms with Crippen LogP contribution in [0.25, 0.3) is 0 Å². The predicted octanol–water partition coefficient (Wildman–Crippen LogP) is 2.71. The number of nitrogens with one attached hydrogen (secondary N) is 2. The fourth-order valence-corrected chi connectivity index (χ4v) is 3.66. The highest BCUT2D eigenvalue weighted by molar-refractivity contribution is 6.30. The molecule has 1 aliphatic heterocycles. The molecule has 172 valence electrons. The lowest BCUT2D eigenvalue weighted by Crippen LogP contribution is -2.51. The number of hydrogen-bond donors (Lipinski definition) is 2. The van der Waals surface area contributed by atoms with Crippen molar-refractivity contribution in [2.45, 2.75) is 13.8 Å². The van der Waals surface area contributed by atoms with Crippen molar-refractivity contribution in [3.63, 3.8) is 0 Å². The lowest BCUT2D eigenvalue weighted by atomic mass is 10.1. The second-order valence-corrected chi connectivity index (χ2v) is 8.44. The number of ether oxygens (including phenoxy) is 1. The van der Waals surface area contributed by atoms with Gasteiger partial charge in [-0.2, -0.15) is 0 Å². The second-order valence-electron chi connectivity index (χ2n) is 8.00. The standard InChI is InChI=1S/C24H31ClN4O3/c1-18-4-3-5-22(19(18)2)27-24(31)17-29-13-11-28(12-14-29)16-23(30)26-10-15-32-21-8-6-20(25)7-9-21/h3-9H,10-17H2,1-2H3,(H,26,30)(H,27,31). The highest BCUT2D eigenvalue weighted by Crippen LogP contribution is 2.18. The zero-order valence-electron chi connectivity index (χ0n) is 18.7. The fourth-order valence-electron chi connectivity index (χ4n) is 3.53. The van der Waals surface area contributed by atoms with E-state index < -0.39 is 0 Å². The third kappa shape index (κ3) is 7.51. The van der Waals surface area contributed by atoms with Crippen molar-refractivity contribution in [1.82, 2.24) is 15.1 Å². The number of carbonyl (C=O) groups is 2. The third-order valence-electron chi connectivity index (χ3n) is 5.58. The Bertz CT molecular complexity index is 912. The van der Waals surface area contributed by atoms with Crippen LogP contribution in [0.4, 0.5) is 5.69 Å². The van der Waals surface area contributed by atoms with E-state index in [2.05, 4.69) is 20.4 Å². The minimum atomic E-state index is -0.0224. The maximum atomic E-state index is 12.4. The van der Waals surface area contributed by atoms with Crippen LogP contribution < -0.4 is 15.4 Å². The zero-order valence-corrected chi connectivity index (χ0v) is 19.5. The van der Waals surface area contributed by atoms with Gasteiger partial charge in [0.05, 0.1) is 19.6 Å². The van der Waals surface area contributed by atoms with E-state index in [1.807, 2.05) is 32.0 Å². The van der Waals surface area contributed by atoms with Gasteiger partial charge in [-0.25, -0.2) is 0 Å². The minimum absolute atomic E-state index is 0.00872. The molecule has 0 spiro atoms. The number of amides is 2. The van der Waals surface area contributed by atoms with Crippen LogP contribution in [-0.2, 0) is 9.59 Å². The Labute approximate surface area is 194 Å². The first kappa shape index (κ1) is 24.0. The van der Waals surface area contributed by atoms with Crippen molar-refractivity contribution >= 4 is 29.1 Å². The number of aryl methyl sites for hydroxylation is 1. The van der Waals surface area contributed by atoms with Gasteiger partial charge in [-0.05, 0) is 55.3 Å². The molecular weight excluding hydrogens is 428 g/mol. The van der Waals surface area contributed by atoms with Crippen LogP contribution in [0.2, 0.25) is 5.02 Å². The minimum Gasteiger partial charge on any atom is -0.492 e. The van der Waals surface area contributed by atoms with Gasteiger partial charge < -0.3 is 15.4 Å². The summed E-state index contributed by atoms with van der Waals surface area (Å²) in [6.07, 6.45) is 0. The normalized spacial score (nSPS) is 14.7. The van der Waals surface area contributed by atoms with Crippen molar-refractivity contribution in [3.05, 3.63) is 58.6 Å². The Hall–Kier alpha value is -2.61. The molecule has 0 aliphatic carbocycles. The van der Waals surface area contributed by atoms with E-state index in [0.29, 0.717) is 31.3 Å². The van der Waals surface area contributed by atoms with Gasteiger partial charge in [0.25, 0.3) is 0 Å². The van der Waals surface area contributed by atoms with E-state index in [1.165, 1.54) is 0 Å². The molecule has 2 aromatic carbocycles. The molecule has 1 aliphatic rings. The molecule has 2 aromatic rings. The van der Waals surface area contributed by atoms with Crippen molar-refractivity contribution in [2.24, 2.45) is 0 Å². The van der Waals surface area contributed by atoms with Gasteiger partial charge in [-0.1, -0.05) is 23.7 Å². The number of anilines is 1. The molecule has 0 radical (unpaired) electrons. The Kier molecular flexibility index (Phi) is 8.90. The molecule has 2 amide bonds. The van der Waals surface area contributed by atoms with Crippen LogP contribution in [0, 0.1) is 13.8 Å². The first-order chi connectivity index (χ1) is 15.4. The van der Waals surface area contributed by atoms with Gasteiger partial charge in [0.15, 0.2) is 0 Å². The molecule has 1 heterocycles. The maximum absolute atomic E-state index is 12.4. The molecule has 32 heavy (non-hydrogen) atoms. The summed E-state index contributed by atoms with van der Waals surface area (Å²) >= 11 is 5.84. The van der Waals surface area contributed by atoms with Gasteiger partial charge in [0, 0.05) is 36.9 Å². The number of piperazine rings is 1. The predicted molar refractivity (Wildman–Crippen MR) is 127 cm³/mol. The number of nitrogens with zero attached hydrogens (tertiary/aromatic N) is 2. The van der Waals surface area contributed by atoms with Gasteiger partial charge in [0.2, 0.25) is 11.8 Å². The third-order valence-corrected chi connectivity index (χ3v) is 5.84. The molecule has 0 unspecified atom stereocenters. The van der Waals surface area contributed by atoms with Crippen molar-refractivity contribution < 1.29 is 14.3 Å². The number of benzene rings is 2. The highest BCUT2D eigenvalue weighted by atomic mass is 35.5. The first-order valence-corrected chi connectivity index (χ1v) is 11.2. The van der Waals surface area contributed by atoms with Gasteiger partial charge in [0.1, 0.15) is 12.4 Å². The lowest BCUT2D eigenvalue weighted by Gasteiger charge is -2.33. The molecule has 2 N–H and O–H groups in total. The Morgan fingerprint density at radius 3 is 2.22 bits per heavy atom. The monoisotopic (exact) mass is 458 g/mol. The number of halogens is 1. The van der Waals surface area contributed by atoms with Crippen LogP contribution in [0.1, 0.15) is 11.1 Å². The van der Waals surface area contributed by atoms with E-state index in [-0.39, 0.29) is 11.8 Å². The molecule has 3 rings (SSSR count). The largest absolute Gasteiger partial charge is 0.492 e. The summed E-state index contributed by atoms with van der Waals surface area (Å²) in [5.74, 6) is 0.692. The number of rotatable bonds is 9. The molecule has 8 heteroatoms. The summed E-state index contributed by atoms with van der Waals surface area (Å²) in [5, 5.41) is 6.55. The summed E-state index contributed by atoms with van der Waals surface area (Å²) in [5.41, 5.74) is 3.12. The molecule has 1 saturated heterocycles. The van der Waals surface area contributed by atoms with E-state index >= 15 is 0 Å². The molecule has 0 bridgehead atoms. The second kappa shape index (κ2) is 11.9. The molecule has 0 atom stereocenters. The average Bonchev–Trinajstić information content (AvgIpc) is 2.77. The molecular formula is C24H31ClN4O3. The van der Waals surface area contributed by atoms with Gasteiger partial charge >= 0.3 is 0 Å². The Morgan fingerprint density at radius 1 is 0.938 bits per heavy atom. The molecule has 1 fully saturated rings. The summed E-state index contributed by atoms with van der Waals surface area (Å²) in [6.45, 7) is 8.62. The van der Waals surface area contributed by atoms with Crippen molar-refractivity contribution in [3.8, 4) is 5.75 Å². The molecule has 0 aromatic heterocycles. The molecule has 7 nitrogen and oxygen atoms in total. The highest BCUT2D eigenvalue weighted by Gasteiger charge is 2.20. The topological polar surface area (TPSA) is 73.9 Å². The number of carbonyl (C=O) groups excluding carboxylic acids is 2. The van der Waals surface area contributed by atoms with Crippen molar-refractivity contribution in [2.75, 3.05) is 57.7 Å². The van der Waals surface area contributed by atoms with Crippen molar-refractivity contribution in [1.29, 1.82) is 0 Å². The lowest BCUT2D eigenvalue weighted by molar-refractivity contribution is -0.123. The van der Waals surface area contributed by atoms with E-state index in [1.54, 1.807) is 24.3 Å². The average molecular weight is 459 g/mol. The summed E-state index contributed by atoms with van der Waals surface area (Å²) in [4.78, 5) is 28.8. The maximum Gasteiger partial charge on any atom is 0.238 e. The SMILES string of the molecule is Cc1cccc(NC(=O)CN2CCN(CC(=O)NCCOc3ccc(Cl)cc3)CC2)c1C. The zero-order chi connectivity index (χ0) is 22.9. The van der Waals surface area contributed by atoms with E-state index in [9.17, 15) is 9.59 Å². The van der Waals surface area contributed by atoms with Gasteiger partial charge in [-0.3, -0.25) is 19.4 Å². The smallest absolute Gasteiger partial charge is 0.238 e. The Balaban J connectivity index is 1.30. The van der Waals surface area contributed by atoms with Crippen LogP contribution in [-0.4, -0.2) is 74.0 Å². The summed E-state index contributed by atoms with van der Waals surface area (Å²) in [7, 11) is 0. The summed E-state index contributed by atoms with van der Waals surface area (Å²) in [6, 6.07) is 13.0. The van der Waals surface area contributed by atoms with Gasteiger partial charge in [-0.15, -0.1) is 0 Å². The quantitative estimate of drug-likeness (QED) is 0.565. The van der Waals surface area contributed by atoms with Crippen LogP contribution in [0.3, 0.4) is 0 Å². The van der Waals surface area contributed by atoms with Crippen LogP contribution >= 0.6 is 11.6 Å². The molecule has 0 saturated carbocycles. The van der Waals surface area contributed by atoms with E-state index in [0.717, 1.165) is 48.7 Å². The first-order valence-electron chi connectivity index (χ1n) is 10.9. The Morgan fingerprint density at radius 2 is 1.56 bits per heavy atom.